The molecule has 0 aliphatic heterocycles. The quantitative estimate of drug-likeness (QED) is 0.459. The number of carbonyl (C=O) groups excluding carboxylic acids is 1. The molecule has 6 nitrogen and oxygen atoms in total. The van der Waals surface area contributed by atoms with E-state index in [1.54, 1.807) is 4.68 Å². The first kappa shape index (κ1) is 20.9. The number of rotatable bonds is 7. The Labute approximate surface area is 186 Å². The van der Waals surface area contributed by atoms with Gasteiger partial charge in [-0.25, -0.2) is 4.68 Å². The molecule has 0 fully saturated rings. The Morgan fingerprint density at radius 2 is 1.68 bits per heavy atom. The van der Waals surface area contributed by atoms with Crippen LogP contribution in [0.5, 0.6) is 0 Å². The number of nitrogens with zero attached hydrogens (tertiary/aromatic N) is 4. The van der Waals surface area contributed by atoms with E-state index in [1.807, 2.05) is 85.4 Å². The lowest BCUT2D eigenvalue weighted by atomic mass is 10.1. The second kappa shape index (κ2) is 9.18. The molecule has 31 heavy (non-hydrogen) atoms. The normalized spacial score (nSPS) is 10.9. The van der Waals surface area contributed by atoms with Gasteiger partial charge in [-0.15, -0.1) is 0 Å². The average molecular weight is 434 g/mol. The fourth-order valence-electron chi connectivity index (χ4n) is 3.47. The predicted molar refractivity (Wildman–Crippen MR) is 122 cm³/mol. The lowest BCUT2D eigenvalue weighted by Crippen LogP contribution is -2.24. The molecular formula is C24H24ClN5O. The molecule has 0 saturated heterocycles. The van der Waals surface area contributed by atoms with E-state index in [0.717, 1.165) is 33.9 Å². The van der Waals surface area contributed by atoms with E-state index >= 15 is 0 Å². The Balaban J connectivity index is 1.48. The first-order valence-corrected chi connectivity index (χ1v) is 10.6. The van der Waals surface area contributed by atoms with Crippen molar-refractivity contribution in [2.45, 2.75) is 33.4 Å². The zero-order valence-corrected chi connectivity index (χ0v) is 18.3. The highest BCUT2D eigenvalue weighted by Gasteiger charge is 2.14. The third-order valence-corrected chi connectivity index (χ3v) is 5.72. The molecule has 0 spiro atoms. The van der Waals surface area contributed by atoms with Gasteiger partial charge in [0.1, 0.15) is 0 Å². The van der Waals surface area contributed by atoms with Gasteiger partial charge in [-0.3, -0.25) is 9.48 Å². The molecule has 2 aromatic heterocycles. The molecule has 0 aliphatic rings. The highest BCUT2D eigenvalue weighted by atomic mass is 35.5. The van der Waals surface area contributed by atoms with E-state index in [0.29, 0.717) is 24.5 Å². The van der Waals surface area contributed by atoms with Gasteiger partial charge in [0.25, 0.3) is 0 Å². The lowest BCUT2D eigenvalue weighted by Gasteiger charge is -2.07. The molecule has 0 unspecified atom stereocenters. The lowest BCUT2D eigenvalue weighted by molar-refractivity contribution is -0.121. The largest absolute Gasteiger partial charge is 0.352 e. The van der Waals surface area contributed by atoms with Gasteiger partial charge in [-0.1, -0.05) is 60.1 Å². The number of aryl methyl sites for hydroxylation is 2. The number of para-hydroxylation sites is 1. The van der Waals surface area contributed by atoms with Crippen LogP contribution < -0.4 is 5.32 Å². The molecular weight excluding hydrogens is 410 g/mol. The van der Waals surface area contributed by atoms with Crippen molar-refractivity contribution in [1.29, 1.82) is 0 Å². The van der Waals surface area contributed by atoms with Crippen molar-refractivity contribution in [2.24, 2.45) is 0 Å². The molecule has 1 amide bonds. The summed E-state index contributed by atoms with van der Waals surface area (Å²) in [6.07, 6.45) is 2.30. The summed E-state index contributed by atoms with van der Waals surface area (Å²) in [5.41, 5.74) is 5.45. The first-order valence-electron chi connectivity index (χ1n) is 10.2. The number of amides is 1. The second-order valence-corrected chi connectivity index (χ2v) is 7.76. The van der Waals surface area contributed by atoms with Crippen LogP contribution in [0.25, 0.3) is 16.9 Å². The van der Waals surface area contributed by atoms with E-state index in [2.05, 4.69) is 10.4 Å². The maximum Gasteiger partial charge on any atom is 0.222 e. The van der Waals surface area contributed by atoms with Gasteiger partial charge in [-0.05, 0) is 26.0 Å². The van der Waals surface area contributed by atoms with E-state index in [4.69, 9.17) is 16.7 Å². The summed E-state index contributed by atoms with van der Waals surface area (Å²) in [4.78, 5) is 12.5. The Hall–Kier alpha value is -3.38. The molecule has 4 aromatic rings. The molecule has 1 N–H and O–H groups in total. The third-order valence-electron chi connectivity index (χ3n) is 5.18. The van der Waals surface area contributed by atoms with Crippen LogP contribution in [-0.4, -0.2) is 25.5 Å². The predicted octanol–water partition coefficient (Wildman–Crippen LogP) is 4.71. The second-order valence-electron chi connectivity index (χ2n) is 7.38. The van der Waals surface area contributed by atoms with Crippen LogP contribution in [-0.2, 0) is 17.9 Å². The number of carbonyl (C=O) groups is 1. The molecule has 2 aromatic carbocycles. The molecule has 0 aliphatic carbocycles. The summed E-state index contributed by atoms with van der Waals surface area (Å²) in [5.74, 6) is -0.0462. The zero-order valence-electron chi connectivity index (χ0n) is 17.5. The van der Waals surface area contributed by atoms with Gasteiger partial charge >= 0.3 is 0 Å². The van der Waals surface area contributed by atoms with Crippen molar-refractivity contribution >= 4 is 17.5 Å². The van der Waals surface area contributed by atoms with Crippen LogP contribution in [0.2, 0.25) is 5.02 Å². The first-order chi connectivity index (χ1) is 15.0. The van der Waals surface area contributed by atoms with Gasteiger partial charge in [0, 0.05) is 30.3 Å². The number of hydrogen-bond donors (Lipinski definition) is 1. The van der Waals surface area contributed by atoms with Crippen LogP contribution in [0.3, 0.4) is 0 Å². The van der Waals surface area contributed by atoms with Crippen LogP contribution >= 0.6 is 11.6 Å². The summed E-state index contributed by atoms with van der Waals surface area (Å²) < 4.78 is 3.63. The topological polar surface area (TPSA) is 64.7 Å². The minimum Gasteiger partial charge on any atom is -0.352 e. The van der Waals surface area contributed by atoms with Gasteiger partial charge in [-0.2, -0.15) is 10.2 Å². The summed E-state index contributed by atoms with van der Waals surface area (Å²) in [7, 11) is 0. The molecule has 0 atom stereocenters. The Morgan fingerprint density at radius 1 is 1.00 bits per heavy atom. The van der Waals surface area contributed by atoms with Gasteiger partial charge < -0.3 is 5.32 Å². The SMILES string of the molecule is Cc1nn(CCC(=O)NCc2cn(-c3ccccc3)nc2-c2ccccc2)c(C)c1Cl. The van der Waals surface area contributed by atoms with Crippen molar-refractivity contribution in [1.82, 2.24) is 24.9 Å². The van der Waals surface area contributed by atoms with Crippen LogP contribution in [0, 0.1) is 13.8 Å². The fourth-order valence-corrected chi connectivity index (χ4v) is 3.61. The van der Waals surface area contributed by atoms with E-state index in [-0.39, 0.29) is 5.91 Å². The smallest absolute Gasteiger partial charge is 0.222 e. The molecule has 2 heterocycles. The zero-order chi connectivity index (χ0) is 21.8. The molecule has 4 rings (SSSR count). The minimum absolute atomic E-state index is 0.0462. The van der Waals surface area contributed by atoms with Crippen molar-refractivity contribution in [3.8, 4) is 16.9 Å². The number of halogens is 1. The minimum atomic E-state index is -0.0462. The Kier molecular flexibility index (Phi) is 6.18. The third kappa shape index (κ3) is 4.70. The highest BCUT2D eigenvalue weighted by Crippen LogP contribution is 2.24. The molecule has 7 heteroatoms. The summed E-state index contributed by atoms with van der Waals surface area (Å²) in [6, 6.07) is 19.9. The standard InChI is InChI=1S/C24H24ClN5O/c1-17-23(25)18(2)29(27-17)14-13-22(31)26-15-20-16-30(21-11-7-4-8-12-21)28-24(20)19-9-5-3-6-10-19/h3-12,16H,13-15H2,1-2H3,(H,26,31). The molecule has 0 radical (unpaired) electrons. The molecule has 0 bridgehead atoms. The van der Waals surface area contributed by atoms with Crippen LogP contribution in [0.15, 0.2) is 66.9 Å². The van der Waals surface area contributed by atoms with Crippen LogP contribution in [0.1, 0.15) is 23.4 Å². The summed E-state index contributed by atoms with van der Waals surface area (Å²) in [5, 5.41) is 12.8. The van der Waals surface area contributed by atoms with E-state index in [1.165, 1.54) is 0 Å². The summed E-state index contributed by atoms with van der Waals surface area (Å²) >= 11 is 6.19. The molecule has 0 saturated carbocycles. The van der Waals surface area contributed by atoms with E-state index < -0.39 is 0 Å². The number of aromatic nitrogens is 4. The number of nitrogens with one attached hydrogen (secondary N) is 1. The number of benzene rings is 2. The van der Waals surface area contributed by atoms with Gasteiger partial charge in [0.2, 0.25) is 5.91 Å². The highest BCUT2D eigenvalue weighted by molar-refractivity contribution is 6.31. The van der Waals surface area contributed by atoms with E-state index in [9.17, 15) is 4.79 Å². The maximum atomic E-state index is 12.5. The maximum absolute atomic E-state index is 12.5. The van der Waals surface area contributed by atoms with Crippen molar-refractivity contribution in [2.75, 3.05) is 0 Å². The fraction of sp³-hybridized carbons (Fsp3) is 0.208. The summed E-state index contributed by atoms with van der Waals surface area (Å²) in [6.45, 7) is 4.65. The van der Waals surface area contributed by atoms with Gasteiger partial charge in [0.15, 0.2) is 0 Å². The van der Waals surface area contributed by atoms with Gasteiger partial charge in [0.05, 0.1) is 34.3 Å². The monoisotopic (exact) mass is 433 g/mol. The van der Waals surface area contributed by atoms with Crippen molar-refractivity contribution in [3.05, 3.63) is 88.8 Å². The van der Waals surface area contributed by atoms with Crippen molar-refractivity contribution in [3.63, 3.8) is 0 Å². The van der Waals surface area contributed by atoms with Crippen LogP contribution in [0.4, 0.5) is 0 Å². The Morgan fingerprint density at radius 3 is 2.32 bits per heavy atom. The number of hydrogen-bond acceptors (Lipinski definition) is 3. The molecule has 158 valence electrons. The Bertz CT molecular complexity index is 1180. The average Bonchev–Trinajstić information content (AvgIpc) is 3.34. The van der Waals surface area contributed by atoms with Crippen molar-refractivity contribution < 1.29 is 4.79 Å².